The maximum absolute atomic E-state index is 12.4. The number of hydrogen-bond acceptors (Lipinski definition) is 2. The van der Waals surface area contributed by atoms with Crippen molar-refractivity contribution >= 4 is 38.9 Å². The molecule has 2 rings (SSSR count). The second-order valence-electron chi connectivity index (χ2n) is 4.40. The Labute approximate surface area is 122 Å². The van der Waals surface area contributed by atoms with E-state index in [-0.39, 0.29) is 5.91 Å². The van der Waals surface area contributed by atoms with Crippen LogP contribution in [0, 0.1) is 0 Å². The normalized spacial score (nSPS) is 10.6. The SMILES string of the molecule is C=CCCCN(C)C(=O)c1sc2ccccc2c1Cl. The first-order valence-electron chi connectivity index (χ1n) is 6.18. The summed E-state index contributed by atoms with van der Waals surface area (Å²) in [6, 6.07) is 7.82. The van der Waals surface area contributed by atoms with Gasteiger partial charge in [0.1, 0.15) is 4.88 Å². The predicted octanol–water partition coefficient (Wildman–Crippen LogP) is 4.59. The lowest BCUT2D eigenvalue weighted by atomic mass is 10.2. The Morgan fingerprint density at radius 1 is 1.47 bits per heavy atom. The summed E-state index contributed by atoms with van der Waals surface area (Å²) in [4.78, 5) is 14.7. The standard InChI is InChI=1S/C15H16ClNOS/c1-3-4-7-10-17(2)15(18)14-13(16)11-8-5-6-9-12(11)19-14/h3,5-6,8-9H,1,4,7,10H2,2H3. The van der Waals surface area contributed by atoms with Gasteiger partial charge in [0.25, 0.3) is 5.91 Å². The lowest BCUT2D eigenvalue weighted by molar-refractivity contribution is 0.0799. The lowest BCUT2D eigenvalue weighted by Gasteiger charge is -2.15. The van der Waals surface area contributed by atoms with Crippen LogP contribution in [0.25, 0.3) is 10.1 Å². The molecule has 0 saturated heterocycles. The number of carbonyl (C=O) groups excluding carboxylic acids is 1. The number of amides is 1. The molecule has 19 heavy (non-hydrogen) atoms. The smallest absolute Gasteiger partial charge is 0.265 e. The molecule has 0 aliphatic heterocycles. The first-order valence-corrected chi connectivity index (χ1v) is 7.38. The van der Waals surface area contributed by atoms with Gasteiger partial charge in [-0.15, -0.1) is 17.9 Å². The molecule has 2 aromatic rings. The van der Waals surface area contributed by atoms with Crippen molar-refractivity contribution in [2.75, 3.05) is 13.6 Å². The van der Waals surface area contributed by atoms with Gasteiger partial charge in [0.05, 0.1) is 5.02 Å². The summed E-state index contributed by atoms with van der Waals surface area (Å²) in [5, 5.41) is 1.53. The lowest BCUT2D eigenvalue weighted by Crippen LogP contribution is -2.27. The molecule has 0 fully saturated rings. The average molecular weight is 294 g/mol. The zero-order valence-electron chi connectivity index (χ0n) is 10.9. The van der Waals surface area contributed by atoms with Gasteiger partial charge in [0.2, 0.25) is 0 Å². The molecule has 0 aliphatic carbocycles. The highest BCUT2D eigenvalue weighted by Crippen LogP contribution is 2.35. The first-order chi connectivity index (χ1) is 9.15. The van der Waals surface area contributed by atoms with Crippen molar-refractivity contribution < 1.29 is 4.79 Å². The van der Waals surface area contributed by atoms with E-state index in [4.69, 9.17) is 11.6 Å². The van der Waals surface area contributed by atoms with Gasteiger partial charge in [-0.1, -0.05) is 35.9 Å². The zero-order valence-corrected chi connectivity index (χ0v) is 12.4. The van der Waals surface area contributed by atoms with Crippen LogP contribution in [-0.4, -0.2) is 24.4 Å². The molecule has 0 unspecified atom stereocenters. The van der Waals surface area contributed by atoms with Crippen LogP contribution in [0.2, 0.25) is 5.02 Å². The molecule has 1 heterocycles. The van der Waals surface area contributed by atoms with Crippen LogP contribution >= 0.6 is 22.9 Å². The number of unbranched alkanes of at least 4 members (excludes halogenated alkanes) is 1. The molecule has 0 saturated carbocycles. The minimum Gasteiger partial charge on any atom is -0.341 e. The number of rotatable bonds is 5. The van der Waals surface area contributed by atoms with Gasteiger partial charge < -0.3 is 4.90 Å². The van der Waals surface area contributed by atoms with Gasteiger partial charge in [-0.2, -0.15) is 0 Å². The second kappa shape index (κ2) is 6.22. The average Bonchev–Trinajstić information content (AvgIpc) is 2.76. The van der Waals surface area contributed by atoms with Crippen molar-refractivity contribution in [2.24, 2.45) is 0 Å². The van der Waals surface area contributed by atoms with E-state index >= 15 is 0 Å². The molecule has 0 bridgehead atoms. The van der Waals surface area contributed by atoms with Gasteiger partial charge >= 0.3 is 0 Å². The third-order valence-corrected chi connectivity index (χ3v) is 4.64. The molecular formula is C15H16ClNOS. The molecule has 0 radical (unpaired) electrons. The Morgan fingerprint density at radius 3 is 2.89 bits per heavy atom. The van der Waals surface area contributed by atoms with Crippen LogP contribution < -0.4 is 0 Å². The summed E-state index contributed by atoms with van der Waals surface area (Å²) in [6.07, 6.45) is 3.71. The molecule has 4 heteroatoms. The Bertz CT molecular complexity index is 605. The van der Waals surface area contributed by atoms with Gasteiger partial charge in [0.15, 0.2) is 0 Å². The van der Waals surface area contributed by atoms with Crippen LogP contribution in [0.3, 0.4) is 0 Å². The Hall–Kier alpha value is -1.32. The van der Waals surface area contributed by atoms with E-state index in [1.807, 2.05) is 37.4 Å². The molecule has 2 nitrogen and oxygen atoms in total. The number of nitrogens with zero attached hydrogens (tertiary/aromatic N) is 1. The van der Waals surface area contributed by atoms with Crippen molar-refractivity contribution in [1.82, 2.24) is 4.90 Å². The quantitative estimate of drug-likeness (QED) is 0.583. The van der Waals surface area contributed by atoms with E-state index in [9.17, 15) is 4.79 Å². The highest BCUT2D eigenvalue weighted by atomic mass is 35.5. The number of halogens is 1. The Balaban J connectivity index is 2.21. The largest absolute Gasteiger partial charge is 0.341 e. The van der Waals surface area contributed by atoms with Gasteiger partial charge in [-0.25, -0.2) is 0 Å². The number of allylic oxidation sites excluding steroid dienone is 1. The van der Waals surface area contributed by atoms with Crippen molar-refractivity contribution in [1.29, 1.82) is 0 Å². The molecule has 100 valence electrons. The molecule has 0 N–H and O–H groups in total. The number of thiophene rings is 1. The van der Waals surface area contributed by atoms with Crippen molar-refractivity contribution in [3.05, 3.63) is 46.8 Å². The monoisotopic (exact) mass is 293 g/mol. The zero-order chi connectivity index (χ0) is 13.8. The molecule has 0 spiro atoms. The highest BCUT2D eigenvalue weighted by molar-refractivity contribution is 7.21. The molecule has 1 amide bonds. The van der Waals surface area contributed by atoms with Gasteiger partial charge in [-0.05, 0) is 18.9 Å². The van der Waals surface area contributed by atoms with Crippen LogP contribution in [0.5, 0.6) is 0 Å². The number of benzene rings is 1. The number of fused-ring (bicyclic) bond motifs is 1. The van der Waals surface area contributed by atoms with E-state index in [1.54, 1.807) is 4.90 Å². The molecule has 1 aromatic heterocycles. The van der Waals surface area contributed by atoms with Crippen LogP contribution in [-0.2, 0) is 0 Å². The second-order valence-corrected chi connectivity index (χ2v) is 5.83. The molecule has 0 aliphatic rings. The third kappa shape index (κ3) is 2.99. The molecular weight excluding hydrogens is 278 g/mol. The maximum Gasteiger partial charge on any atom is 0.265 e. The van der Waals surface area contributed by atoms with Gasteiger partial charge in [0, 0.05) is 23.7 Å². The summed E-state index contributed by atoms with van der Waals surface area (Å²) in [5.74, 6) is -0.00439. The van der Waals surface area contributed by atoms with E-state index in [0.29, 0.717) is 9.90 Å². The topological polar surface area (TPSA) is 20.3 Å². The minimum absolute atomic E-state index is 0.00439. The van der Waals surface area contributed by atoms with Crippen LogP contribution in [0.1, 0.15) is 22.5 Å². The molecule has 0 atom stereocenters. The van der Waals surface area contributed by atoms with E-state index in [0.717, 1.165) is 29.5 Å². The third-order valence-electron chi connectivity index (χ3n) is 2.98. The summed E-state index contributed by atoms with van der Waals surface area (Å²) in [7, 11) is 1.81. The highest BCUT2D eigenvalue weighted by Gasteiger charge is 2.19. The van der Waals surface area contributed by atoms with E-state index in [1.165, 1.54) is 11.3 Å². The number of hydrogen-bond donors (Lipinski definition) is 0. The fourth-order valence-corrected chi connectivity index (χ4v) is 3.41. The van der Waals surface area contributed by atoms with E-state index < -0.39 is 0 Å². The van der Waals surface area contributed by atoms with E-state index in [2.05, 4.69) is 6.58 Å². The van der Waals surface area contributed by atoms with Gasteiger partial charge in [-0.3, -0.25) is 4.79 Å². The minimum atomic E-state index is -0.00439. The maximum atomic E-state index is 12.4. The molecule has 1 aromatic carbocycles. The first kappa shape index (κ1) is 14.1. The van der Waals surface area contributed by atoms with Crippen molar-refractivity contribution in [3.8, 4) is 0 Å². The summed E-state index contributed by atoms with van der Waals surface area (Å²) >= 11 is 7.76. The Morgan fingerprint density at radius 2 is 2.21 bits per heavy atom. The van der Waals surface area contributed by atoms with Crippen molar-refractivity contribution in [2.45, 2.75) is 12.8 Å². The Kier molecular flexibility index (Phi) is 4.61. The summed E-state index contributed by atoms with van der Waals surface area (Å²) in [5.41, 5.74) is 0. The predicted molar refractivity (Wildman–Crippen MR) is 83.2 cm³/mol. The fourth-order valence-electron chi connectivity index (χ4n) is 1.90. The van der Waals surface area contributed by atoms with Crippen molar-refractivity contribution in [3.63, 3.8) is 0 Å². The summed E-state index contributed by atoms with van der Waals surface area (Å²) < 4.78 is 1.05. The summed E-state index contributed by atoms with van der Waals surface area (Å²) in [6.45, 7) is 4.40. The fraction of sp³-hybridized carbons (Fsp3) is 0.267. The number of carbonyl (C=O) groups is 1. The van der Waals surface area contributed by atoms with Crippen LogP contribution in [0.4, 0.5) is 0 Å². The van der Waals surface area contributed by atoms with Crippen LogP contribution in [0.15, 0.2) is 36.9 Å².